The van der Waals surface area contributed by atoms with E-state index in [-0.39, 0.29) is 34.8 Å². The molecule has 0 saturated carbocycles. The fraction of sp³-hybridized carbons (Fsp3) is 0.342. The molecule has 3 N–H and O–H groups in total. The minimum absolute atomic E-state index is 0.000310. The number of carbonyl (C=O) groups excluding carboxylic acids is 1. The van der Waals surface area contributed by atoms with E-state index in [1.54, 1.807) is 0 Å². The Hall–Kier alpha value is -7.51. The van der Waals surface area contributed by atoms with Crippen LogP contribution in [-0.4, -0.2) is 83.4 Å². The van der Waals surface area contributed by atoms with Gasteiger partial charge in [-0.15, -0.1) is 0 Å². The van der Waals surface area contributed by atoms with Crippen molar-refractivity contribution in [1.29, 1.82) is 0 Å². The Balaban J connectivity index is 1.30. The van der Waals surface area contributed by atoms with Gasteiger partial charge in [0.2, 0.25) is 17.5 Å². The number of hydrogen-bond acceptors (Lipinski definition) is 11. The number of esters is 1. The Bertz CT molecular complexity index is 3780. The van der Waals surface area contributed by atoms with E-state index < -0.39 is 76.1 Å². The topological polar surface area (TPSA) is 154 Å². The molecule has 0 bridgehead atoms. The van der Waals surface area contributed by atoms with E-state index in [0.717, 1.165) is 61.5 Å². The molecular formula is C79H94O11Si3. The molecule has 4 unspecified atom stereocenters. The number of unbranched alkanes of at least 4 members (excludes halogenated alkanes) is 2. The molecule has 9 rings (SSSR count). The SMILES string of the molecule is CCCCOC(CC)C(OCCCC)C(OC(C)=O)C(O)Oc1c(-c2ccc(CC(C)(C)[Si](O)(c3ccccc3)c3ccccc3)cc2)oc2cc(CC(C)(C)[Si](O)(c3ccccc3)c3ccccc3)cc(O[Si](c3ccccc3)(c3ccccc3)C(C)(C)C)c2c1=O. The average Bonchev–Trinajstić information content (AvgIpc) is 0.751. The van der Waals surface area contributed by atoms with E-state index >= 15 is 4.79 Å². The normalized spacial score (nSPS) is 13.9. The van der Waals surface area contributed by atoms with Crippen LogP contribution in [0, 0.1) is 0 Å². The molecule has 0 fully saturated rings. The lowest BCUT2D eigenvalue weighted by atomic mass is 9.98. The number of aliphatic hydroxyl groups is 1. The molecule has 93 heavy (non-hydrogen) atoms. The van der Waals surface area contributed by atoms with Crippen LogP contribution in [0.2, 0.25) is 15.1 Å². The fourth-order valence-corrected chi connectivity index (χ4v) is 25.4. The second-order valence-electron chi connectivity index (χ2n) is 27.0. The van der Waals surface area contributed by atoms with Crippen molar-refractivity contribution in [2.45, 2.75) is 161 Å². The zero-order valence-corrected chi connectivity index (χ0v) is 59.1. The summed E-state index contributed by atoms with van der Waals surface area (Å²) < 4.78 is 41.2. The summed E-state index contributed by atoms with van der Waals surface area (Å²) in [5.41, 5.74) is 1.64. The van der Waals surface area contributed by atoms with Crippen molar-refractivity contribution in [2.75, 3.05) is 13.2 Å². The summed E-state index contributed by atoms with van der Waals surface area (Å²) in [5, 5.41) is 16.3. The second kappa shape index (κ2) is 30.3. The van der Waals surface area contributed by atoms with Gasteiger partial charge in [-0.2, -0.15) is 0 Å². The standard InChI is InChI=1S/C79H94O11Si3/c1-12-15-51-85-67(14-3)73(86-52-16-13-2)75(87-57(4)80)76(82)89-74-71(81)70-68(88-72(74)60-49-47-58(48-50-60)55-78(8,9)91(83,61-35-23-17-24-36-61)62-37-25-18-26-38-62)53-59(56-79(10,11)92(84,63-39-27-19-28-40-63)64-41-29-20-30-42-64)54-69(70)90-93(77(5,6)7,65-43-31-21-32-44-65)66-45-33-22-34-46-66/h17-50,53-54,67,73,75-76,82-84H,12-16,51-52,55-56H2,1-11H3. The van der Waals surface area contributed by atoms with Crippen LogP contribution in [0.5, 0.6) is 11.5 Å². The molecule has 488 valence electrons. The van der Waals surface area contributed by atoms with Crippen molar-refractivity contribution >= 4 is 73.0 Å². The van der Waals surface area contributed by atoms with Gasteiger partial charge in [0.25, 0.3) is 16.6 Å². The monoisotopic (exact) mass is 1300 g/mol. The third-order valence-electron chi connectivity index (χ3n) is 18.4. The fourth-order valence-electron chi connectivity index (χ4n) is 13.5. The predicted octanol–water partition coefficient (Wildman–Crippen LogP) is 13.0. The lowest BCUT2D eigenvalue weighted by Crippen LogP contribution is -2.68. The quantitative estimate of drug-likeness (QED) is 0.0171. The lowest BCUT2D eigenvalue weighted by molar-refractivity contribution is -0.210. The molecule has 1 heterocycles. The Kier molecular flexibility index (Phi) is 22.7. The zero-order chi connectivity index (χ0) is 66.6. The molecule has 0 spiro atoms. The van der Waals surface area contributed by atoms with Gasteiger partial charge in [-0.1, -0.05) is 288 Å². The number of rotatable bonds is 30. The molecule has 11 nitrogen and oxygen atoms in total. The largest absolute Gasteiger partial charge is 0.533 e. The first kappa shape index (κ1) is 69.8. The number of carbonyl (C=O) groups is 1. The van der Waals surface area contributed by atoms with Crippen molar-refractivity contribution in [2.24, 2.45) is 0 Å². The Morgan fingerprint density at radius 2 is 0.935 bits per heavy atom. The van der Waals surface area contributed by atoms with E-state index in [4.69, 9.17) is 27.8 Å². The Morgan fingerprint density at radius 1 is 0.527 bits per heavy atom. The first-order chi connectivity index (χ1) is 44.5. The summed E-state index contributed by atoms with van der Waals surface area (Å²) in [6, 6.07) is 71.5. The van der Waals surface area contributed by atoms with Gasteiger partial charge in [-0.3, -0.25) is 9.59 Å². The number of aliphatic hydroxyl groups excluding tert-OH is 1. The van der Waals surface area contributed by atoms with E-state index in [1.807, 2.05) is 208 Å². The maximum Gasteiger partial charge on any atom is 0.319 e. The molecule has 0 aliphatic carbocycles. The maximum absolute atomic E-state index is 16.7. The van der Waals surface area contributed by atoms with Gasteiger partial charge in [0.1, 0.15) is 22.8 Å². The Morgan fingerprint density at radius 3 is 1.33 bits per heavy atom. The molecule has 14 heteroatoms. The van der Waals surface area contributed by atoms with Crippen molar-refractivity contribution < 1.29 is 47.3 Å². The summed E-state index contributed by atoms with van der Waals surface area (Å²) in [7, 11) is -10.7. The van der Waals surface area contributed by atoms with Crippen molar-refractivity contribution in [3.05, 3.63) is 240 Å². The molecule has 4 atom stereocenters. The number of fused-ring (bicyclic) bond motifs is 1. The molecule has 0 amide bonds. The molecule has 0 saturated heterocycles. The van der Waals surface area contributed by atoms with Crippen LogP contribution in [0.1, 0.15) is 119 Å². The van der Waals surface area contributed by atoms with E-state index in [1.165, 1.54) is 6.92 Å². The number of benzene rings is 8. The zero-order valence-electron chi connectivity index (χ0n) is 56.1. The van der Waals surface area contributed by atoms with Gasteiger partial charge in [0, 0.05) is 25.7 Å². The van der Waals surface area contributed by atoms with Crippen molar-refractivity contribution in [3.8, 4) is 22.8 Å². The second-order valence-corrected chi connectivity index (χ2v) is 39.0. The van der Waals surface area contributed by atoms with Crippen LogP contribution in [0.4, 0.5) is 0 Å². The van der Waals surface area contributed by atoms with Crippen LogP contribution in [-0.2, 0) is 31.8 Å². The summed E-state index contributed by atoms with van der Waals surface area (Å²) in [6.45, 7) is 23.0. The highest BCUT2D eigenvalue weighted by atomic mass is 28.4. The highest BCUT2D eigenvalue weighted by Crippen LogP contribution is 2.46. The summed E-state index contributed by atoms with van der Waals surface area (Å²) in [4.78, 5) is 56.9. The first-order valence-electron chi connectivity index (χ1n) is 33.0. The van der Waals surface area contributed by atoms with Gasteiger partial charge >= 0.3 is 14.3 Å². The first-order valence-corrected chi connectivity index (χ1v) is 38.8. The van der Waals surface area contributed by atoms with Crippen LogP contribution in [0.25, 0.3) is 22.3 Å². The molecule has 0 aliphatic rings. The highest BCUT2D eigenvalue weighted by Gasteiger charge is 2.54. The van der Waals surface area contributed by atoms with E-state index in [0.29, 0.717) is 37.9 Å². The third-order valence-corrected chi connectivity index (χ3v) is 32.3. The number of hydrogen-bond donors (Lipinski definition) is 3. The maximum atomic E-state index is 16.7. The highest BCUT2D eigenvalue weighted by molar-refractivity contribution is 7.00. The molecule has 8 aromatic carbocycles. The van der Waals surface area contributed by atoms with Crippen LogP contribution in [0.15, 0.2) is 228 Å². The van der Waals surface area contributed by atoms with E-state index in [2.05, 4.69) is 79.7 Å². The molecule has 0 aliphatic heterocycles. The van der Waals surface area contributed by atoms with Gasteiger partial charge in [-0.25, -0.2) is 0 Å². The Labute approximate surface area is 553 Å². The minimum atomic E-state index is -3.66. The van der Waals surface area contributed by atoms with Crippen LogP contribution < -0.4 is 45.7 Å². The summed E-state index contributed by atoms with van der Waals surface area (Å²) >= 11 is 0. The molecule has 0 radical (unpaired) electrons. The predicted molar refractivity (Wildman–Crippen MR) is 384 cm³/mol. The minimum Gasteiger partial charge on any atom is -0.533 e. The van der Waals surface area contributed by atoms with Crippen LogP contribution in [0.3, 0.4) is 0 Å². The average molecular weight is 1300 g/mol. The van der Waals surface area contributed by atoms with Gasteiger partial charge in [0.15, 0.2) is 11.9 Å². The van der Waals surface area contributed by atoms with Crippen LogP contribution >= 0.6 is 0 Å². The van der Waals surface area contributed by atoms with Gasteiger partial charge in [-0.05, 0) is 102 Å². The van der Waals surface area contributed by atoms with Crippen molar-refractivity contribution in [3.63, 3.8) is 0 Å². The molecule has 1 aromatic heterocycles. The molecular weight excluding hydrogens is 1210 g/mol. The summed E-state index contributed by atoms with van der Waals surface area (Å²) in [5.74, 6) is -0.812. The van der Waals surface area contributed by atoms with Gasteiger partial charge in [0.05, 0.1) is 6.10 Å². The smallest absolute Gasteiger partial charge is 0.319 e. The van der Waals surface area contributed by atoms with Crippen molar-refractivity contribution in [1.82, 2.24) is 0 Å². The summed E-state index contributed by atoms with van der Waals surface area (Å²) in [6.07, 6.45) is -0.721. The van der Waals surface area contributed by atoms with Gasteiger partial charge < -0.3 is 42.5 Å². The van der Waals surface area contributed by atoms with E-state index in [9.17, 15) is 19.5 Å². The molecule has 9 aromatic rings. The third kappa shape index (κ3) is 14.9. The lowest BCUT2D eigenvalue weighted by Gasteiger charge is -2.43. The number of ether oxygens (including phenoxy) is 4.